The van der Waals surface area contributed by atoms with E-state index in [1.807, 2.05) is 6.07 Å². The molecule has 1 amide bonds. The number of rotatable bonds is 5. The Morgan fingerprint density at radius 3 is 3.12 bits per heavy atom. The SMILES string of the molecule is O=C(Cc1ccon1)NOCc1cccnc1. The van der Waals surface area contributed by atoms with Gasteiger partial charge in [-0.25, -0.2) is 5.48 Å². The Morgan fingerprint density at radius 1 is 1.47 bits per heavy atom. The maximum absolute atomic E-state index is 11.4. The van der Waals surface area contributed by atoms with E-state index in [1.165, 1.54) is 6.26 Å². The summed E-state index contributed by atoms with van der Waals surface area (Å²) in [6.45, 7) is 0.276. The monoisotopic (exact) mass is 233 g/mol. The number of nitrogens with zero attached hydrogens (tertiary/aromatic N) is 2. The Labute approximate surface area is 97.5 Å². The van der Waals surface area contributed by atoms with Crippen LogP contribution in [-0.2, 0) is 22.7 Å². The van der Waals surface area contributed by atoms with E-state index in [1.54, 1.807) is 24.5 Å². The van der Waals surface area contributed by atoms with Gasteiger partial charge in [-0.05, 0) is 11.6 Å². The van der Waals surface area contributed by atoms with Crippen LogP contribution < -0.4 is 5.48 Å². The molecule has 6 heteroatoms. The standard InChI is InChI=1S/C11H11N3O3/c15-11(6-10-3-5-16-13-10)14-17-8-9-2-1-4-12-7-9/h1-5,7H,6,8H2,(H,14,15). The Kier molecular flexibility index (Phi) is 3.82. The van der Waals surface area contributed by atoms with Gasteiger partial charge in [0.05, 0.1) is 12.1 Å². The second kappa shape index (κ2) is 5.76. The van der Waals surface area contributed by atoms with Crippen LogP contribution in [0.1, 0.15) is 11.3 Å². The van der Waals surface area contributed by atoms with Gasteiger partial charge in [-0.1, -0.05) is 11.2 Å². The summed E-state index contributed by atoms with van der Waals surface area (Å²) >= 11 is 0. The van der Waals surface area contributed by atoms with Gasteiger partial charge >= 0.3 is 0 Å². The first-order valence-corrected chi connectivity index (χ1v) is 5.03. The minimum absolute atomic E-state index is 0.129. The lowest BCUT2D eigenvalue weighted by Crippen LogP contribution is -2.25. The van der Waals surface area contributed by atoms with Crippen molar-refractivity contribution in [2.24, 2.45) is 0 Å². The van der Waals surface area contributed by atoms with Crippen molar-refractivity contribution in [3.8, 4) is 0 Å². The molecule has 0 aliphatic heterocycles. The molecule has 0 saturated heterocycles. The molecule has 2 aromatic rings. The molecule has 2 rings (SSSR count). The highest BCUT2D eigenvalue weighted by Crippen LogP contribution is 1.98. The summed E-state index contributed by atoms with van der Waals surface area (Å²) in [5.41, 5.74) is 3.77. The van der Waals surface area contributed by atoms with Gasteiger partial charge < -0.3 is 4.52 Å². The van der Waals surface area contributed by atoms with E-state index >= 15 is 0 Å². The van der Waals surface area contributed by atoms with Crippen LogP contribution in [0.2, 0.25) is 0 Å². The zero-order chi connectivity index (χ0) is 11.9. The van der Waals surface area contributed by atoms with Crippen LogP contribution in [0.4, 0.5) is 0 Å². The first-order valence-electron chi connectivity index (χ1n) is 5.03. The molecule has 2 heterocycles. The molecule has 0 radical (unpaired) electrons. The highest BCUT2D eigenvalue weighted by molar-refractivity contribution is 5.76. The Hall–Kier alpha value is -2.21. The third-order valence-corrected chi connectivity index (χ3v) is 1.98. The summed E-state index contributed by atoms with van der Waals surface area (Å²) in [4.78, 5) is 20.3. The number of hydrogen-bond acceptors (Lipinski definition) is 5. The normalized spacial score (nSPS) is 10.1. The van der Waals surface area contributed by atoms with E-state index in [2.05, 4.69) is 20.1 Å². The molecule has 0 bridgehead atoms. The Morgan fingerprint density at radius 2 is 2.41 bits per heavy atom. The van der Waals surface area contributed by atoms with Crippen LogP contribution in [0.25, 0.3) is 0 Å². The number of carbonyl (C=O) groups is 1. The zero-order valence-corrected chi connectivity index (χ0v) is 9.00. The van der Waals surface area contributed by atoms with Crippen molar-refractivity contribution in [2.45, 2.75) is 13.0 Å². The summed E-state index contributed by atoms with van der Waals surface area (Å²) in [7, 11) is 0. The topological polar surface area (TPSA) is 77.2 Å². The molecule has 6 nitrogen and oxygen atoms in total. The molecule has 0 unspecified atom stereocenters. The van der Waals surface area contributed by atoms with Crippen molar-refractivity contribution in [3.63, 3.8) is 0 Å². The number of amides is 1. The lowest BCUT2D eigenvalue weighted by atomic mass is 10.3. The molecule has 0 atom stereocenters. The van der Waals surface area contributed by atoms with Crippen LogP contribution in [0.3, 0.4) is 0 Å². The summed E-state index contributed by atoms with van der Waals surface area (Å²) in [6, 6.07) is 5.29. The first kappa shape index (κ1) is 11.3. The minimum Gasteiger partial charge on any atom is -0.364 e. The van der Waals surface area contributed by atoms with E-state index in [0.29, 0.717) is 5.69 Å². The molecular weight excluding hydrogens is 222 g/mol. The number of hydrogen-bond donors (Lipinski definition) is 1. The maximum atomic E-state index is 11.4. The third-order valence-electron chi connectivity index (χ3n) is 1.98. The lowest BCUT2D eigenvalue weighted by Gasteiger charge is -2.04. The third kappa shape index (κ3) is 3.69. The fraction of sp³-hybridized carbons (Fsp3) is 0.182. The second-order valence-electron chi connectivity index (χ2n) is 3.34. The number of hydroxylamine groups is 1. The van der Waals surface area contributed by atoms with Crippen molar-refractivity contribution >= 4 is 5.91 Å². The minimum atomic E-state index is -0.275. The van der Waals surface area contributed by atoms with Crippen LogP contribution in [-0.4, -0.2) is 16.0 Å². The molecule has 0 aliphatic carbocycles. The van der Waals surface area contributed by atoms with Gasteiger partial charge in [0.15, 0.2) is 0 Å². The van der Waals surface area contributed by atoms with Gasteiger partial charge in [0, 0.05) is 18.5 Å². The average Bonchev–Trinajstić information content (AvgIpc) is 2.83. The molecule has 88 valence electrons. The molecule has 1 N–H and O–H groups in total. The van der Waals surface area contributed by atoms with Gasteiger partial charge in [0.2, 0.25) is 5.91 Å². The van der Waals surface area contributed by atoms with E-state index in [-0.39, 0.29) is 18.9 Å². The van der Waals surface area contributed by atoms with Crippen LogP contribution in [0.5, 0.6) is 0 Å². The predicted octanol–water partition coefficient (Wildman–Crippen LogP) is 0.860. The molecule has 0 spiro atoms. The fourth-order valence-electron chi connectivity index (χ4n) is 1.21. The van der Waals surface area contributed by atoms with Gasteiger partial charge in [0.25, 0.3) is 0 Å². The van der Waals surface area contributed by atoms with E-state index in [4.69, 9.17) is 4.84 Å². The van der Waals surface area contributed by atoms with Crippen molar-refractivity contribution in [3.05, 3.63) is 48.1 Å². The van der Waals surface area contributed by atoms with Gasteiger partial charge in [-0.3, -0.25) is 14.6 Å². The quantitative estimate of drug-likeness (QED) is 0.775. The highest BCUT2D eigenvalue weighted by atomic mass is 16.6. The fourth-order valence-corrected chi connectivity index (χ4v) is 1.21. The molecule has 2 aromatic heterocycles. The molecule has 0 aromatic carbocycles. The highest BCUT2D eigenvalue weighted by Gasteiger charge is 2.05. The smallest absolute Gasteiger partial charge is 0.249 e. The Bertz CT molecular complexity index is 456. The number of carbonyl (C=O) groups excluding carboxylic acids is 1. The number of nitrogens with one attached hydrogen (secondary N) is 1. The number of aromatic nitrogens is 2. The Balaban J connectivity index is 1.70. The van der Waals surface area contributed by atoms with E-state index in [0.717, 1.165) is 5.56 Å². The summed E-state index contributed by atoms with van der Waals surface area (Å²) in [5, 5.41) is 3.62. The molecule has 0 saturated carbocycles. The predicted molar refractivity (Wildman–Crippen MR) is 57.4 cm³/mol. The number of pyridine rings is 1. The molecular formula is C11H11N3O3. The zero-order valence-electron chi connectivity index (χ0n) is 9.00. The van der Waals surface area contributed by atoms with Crippen LogP contribution in [0.15, 0.2) is 41.4 Å². The van der Waals surface area contributed by atoms with Gasteiger partial charge in [0.1, 0.15) is 12.9 Å². The van der Waals surface area contributed by atoms with Gasteiger partial charge in [-0.15, -0.1) is 0 Å². The second-order valence-corrected chi connectivity index (χ2v) is 3.34. The molecule has 0 fully saturated rings. The van der Waals surface area contributed by atoms with E-state index < -0.39 is 0 Å². The summed E-state index contributed by atoms with van der Waals surface area (Å²) in [5.74, 6) is -0.275. The summed E-state index contributed by atoms with van der Waals surface area (Å²) < 4.78 is 4.61. The van der Waals surface area contributed by atoms with E-state index in [9.17, 15) is 4.79 Å². The molecule has 0 aliphatic rings. The van der Waals surface area contributed by atoms with Crippen molar-refractivity contribution < 1.29 is 14.2 Å². The first-order chi connectivity index (χ1) is 8.34. The van der Waals surface area contributed by atoms with Crippen molar-refractivity contribution in [1.29, 1.82) is 0 Å². The molecule has 17 heavy (non-hydrogen) atoms. The lowest BCUT2D eigenvalue weighted by molar-refractivity contribution is -0.133. The van der Waals surface area contributed by atoms with Crippen molar-refractivity contribution in [1.82, 2.24) is 15.6 Å². The maximum Gasteiger partial charge on any atom is 0.249 e. The van der Waals surface area contributed by atoms with Crippen molar-refractivity contribution in [2.75, 3.05) is 0 Å². The average molecular weight is 233 g/mol. The largest absolute Gasteiger partial charge is 0.364 e. The van der Waals surface area contributed by atoms with Gasteiger partial charge in [-0.2, -0.15) is 0 Å². The van der Waals surface area contributed by atoms with Crippen LogP contribution >= 0.6 is 0 Å². The summed E-state index contributed by atoms with van der Waals surface area (Å²) in [6.07, 6.45) is 4.89. The van der Waals surface area contributed by atoms with Crippen LogP contribution in [0, 0.1) is 0 Å².